The zero-order valence-corrected chi connectivity index (χ0v) is 8.97. The lowest BCUT2D eigenvalue weighted by molar-refractivity contribution is 0.440. The lowest BCUT2D eigenvalue weighted by Crippen LogP contribution is -2.02. The second-order valence-electron chi connectivity index (χ2n) is 2.73. The summed E-state index contributed by atoms with van der Waals surface area (Å²) in [6.45, 7) is 0. The third kappa shape index (κ3) is 2.90. The van der Waals surface area contributed by atoms with Crippen LogP contribution in [0.2, 0.25) is 10.0 Å². The maximum absolute atomic E-state index is 5.92. The highest BCUT2D eigenvalue weighted by Gasteiger charge is 2.01. The van der Waals surface area contributed by atoms with Crippen molar-refractivity contribution >= 4 is 29.4 Å². The second kappa shape index (κ2) is 4.49. The second-order valence-corrected chi connectivity index (χ2v) is 3.54. The van der Waals surface area contributed by atoms with Gasteiger partial charge >= 0.3 is 0 Å². The smallest absolute Gasteiger partial charge is 0.0572 e. The molecule has 0 aliphatic carbocycles. The van der Waals surface area contributed by atoms with E-state index in [0.717, 1.165) is 5.56 Å². The molecule has 0 atom stereocenters. The molecule has 0 fully saturated rings. The molecule has 1 rings (SSSR count). The van der Waals surface area contributed by atoms with Gasteiger partial charge in [-0.1, -0.05) is 29.3 Å². The minimum Gasteiger partial charge on any atom is -0.303 e. The number of hydrazone groups is 1. The Labute approximate surface area is 87.8 Å². The van der Waals surface area contributed by atoms with E-state index < -0.39 is 0 Å². The molecule has 0 bridgehead atoms. The molecule has 0 heterocycles. The van der Waals surface area contributed by atoms with Crippen molar-refractivity contribution in [1.82, 2.24) is 5.01 Å². The minimum atomic E-state index is 0.609. The Bertz CT molecular complexity index is 301. The number of rotatable bonds is 2. The van der Waals surface area contributed by atoms with Crippen LogP contribution < -0.4 is 0 Å². The first-order valence-electron chi connectivity index (χ1n) is 3.76. The van der Waals surface area contributed by atoms with E-state index in [1.165, 1.54) is 0 Å². The molecule has 0 N–H and O–H groups in total. The Morgan fingerprint density at radius 1 is 1.23 bits per heavy atom. The fourth-order valence-electron chi connectivity index (χ4n) is 0.807. The van der Waals surface area contributed by atoms with Gasteiger partial charge in [0.2, 0.25) is 0 Å². The van der Waals surface area contributed by atoms with Gasteiger partial charge in [0.25, 0.3) is 0 Å². The molecule has 0 aromatic heterocycles. The normalized spacial score (nSPS) is 10.8. The summed E-state index contributed by atoms with van der Waals surface area (Å²) >= 11 is 11.8. The lowest BCUT2D eigenvalue weighted by Gasteiger charge is -2.04. The van der Waals surface area contributed by atoms with Gasteiger partial charge in [0.1, 0.15) is 0 Å². The number of nitrogens with zero attached hydrogens (tertiary/aromatic N) is 2. The molecule has 0 amide bonds. The predicted molar refractivity (Wildman–Crippen MR) is 57.7 cm³/mol. The maximum Gasteiger partial charge on any atom is 0.0572 e. The van der Waals surface area contributed by atoms with Crippen molar-refractivity contribution in [2.24, 2.45) is 5.10 Å². The standard InChI is InChI=1S/C9H10Cl2N2/c1-13(2)12-6-7-8(10)4-3-5-9(7)11/h3-6H,1-2H3. The molecule has 0 aliphatic rings. The van der Waals surface area contributed by atoms with Crippen LogP contribution in [0.25, 0.3) is 0 Å². The number of benzene rings is 1. The molecule has 70 valence electrons. The predicted octanol–water partition coefficient (Wildman–Crippen LogP) is 2.89. The van der Waals surface area contributed by atoms with Gasteiger partial charge < -0.3 is 5.01 Å². The van der Waals surface area contributed by atoms with Crippen molar-refractivity contribution < 1.29 is 0 Å². The molecular formula is C9H10Cl2N2. The van der Waals surface area contributed by atoms with Crippen LogP contribution in [0.3, 0.4) is 0 Å². The van der Waals surface area contributed by atoms with Crippen molar-refractivity contribution in [2.45, 2.75) is 0 Å². The maximum atomic E-state index is 5.92. The average molecular weight is 217 g/mol. The molecule has 0 radical (unpaired) electrons. The summed E-state index contributed by atoms with van der Waals surface area (Å²) < 4.78 is 0. The third-order valence-corrected chi connectivity index (χ3v) is 2.08. The van der Waals surface area contributed by atoms with Crippen LogP contribution in [-0.4, -0.2) is 25.3 Å². The third-order valence-electron chi connectivity index (χ3n) is 1.42. The van der Waals surface area contributed by atoms with Crippen LogP contribution in [0.5, 0.6) is 0 Å². The first-order chi connectivity index (χ1) is 6.11. The van der Waals surface area contributed by atoms with Crippen molar-refractivity contribution in [3.05, 3.63) is 33.8 Å². The zero-order chi connectivity index (χ0) is 9.84. The fraction of sp³-hybridized carbons (Fsp3) is 0.222. The molecule has 0 saturated heterocycles. The SMILES string of the molecule is CN(C)N=Cc1c(Cl)cccc1Cl. The highest BCUT2D eigenvalue weighted by Crippen LogP contribution is 2.22. The quantitative estimate of drug-likeness (QED) is 0.549. The van der Waals surface area contributed by atoms with E-state index in [0.29, 0.717) is 10.0 Å². The van der Waals surface area contributed by atoms with Gasteiger partial charge in [0.15, 0.2) is 0 Å². The largest absolute Gasteiger partial charge is 0.303 e. The molecule has 2 nitrogen and oxygen atoms in total. The fourth-order valence-corrected chi connectivity index (χ4v) is 1.30. The van der Waals surface area contributed by atoms with Gasteiger partial charge in [-0.3, -0.25) is 0 Å². The van der Waals surface area contributed by atoms with E-state index in [-0.39, 0.29) is 0 Å². The lowest BCUT2D eigenvalue weighted by atomic mass is 10.2. The Balaban J connectivity index is 3.00. The molecule has 4 heteroatoms. The van der Waals surface area contributed by atoms with Crippen LogP contribution in [0.1, 0.15) is 5.56 Å². The van der Waals surface area contributed by atoms with Crippen molar-refractivity contribution in [1.29, 1.82) is 0 Å². The minimum absolute atomic E-state index is 0.609. The number of halogens is 2. The highest BCUT2D eigenvalue weighted by molar-refractivity contribution is 6.38. The summed E-state index contributed by atoms with van der Waals surface area (Å²) in [7, 11) is 3.67. The van der Waals surface area contributed by atoms with Gasteiger partial charge in [-0.25, -0.2) is 0 Å². The van der Waals surface area contributed by atoms with E-state index in [2.05, 4.69) is 5.10 Å². The Kier molecular flexibility index (Phi) is 3.58. The molecule has 0 unspecified atom stereocenters. The summed E-state index contributed by atoms with van der Waals surface area (Å²) in [6.07, 6.45) is 1.64. The van der Waals surface area contributed by atoms with Gasteiger partial charge in [0, 0.05) is 19.7 Å². The summed E-state index contributed by atoms with van der Waals surface area (Å²) in [5, 5.41) is 6.95. The summed E-state index contributed by atoms with van der Waals surface area (Å²) in [5.74, 6) is 0. The molecule has 1 aromatic carbocycles. The van der Waals surface area contributed by atoms with E-state index in [1.807, 2.05) is 14.1 Å². The van der Waals surface area contributed by atoms with Crippen LogP contribution in [0, 0.1) is 0 Å². The first kappa shape index (κ1) is 10.4. The molecular weight excluding hydrogens is 207 g/mol. The van der Waals surface area contributed by atoms with Crippen molar-refractivity contribution in [3.8, 4) is 0 Å². The van der Waals surface area contributed by atoms with Gasteiger partial charge in [-0.15, -0.1) is 0 Å². The molecule has 0 spiro atoms. The monoisotopic (exact) mass is 216 g/mol. The van der Waals surface area contributed by atoms with E-state index in [4.69, 9.17) is 23.2 Å². The number of hydrogen-bond acceptors (Lipinski definition) is 2. The summed E-state index contributed by atoms with van der Waals surface area (Å²) in [5.41, 5.74) is 0.750. The zero-order valence-electron chi connectivity index (χ0n) is 7.46. The Morgan fingerprint density at radius 2 is 1.77 bits per heavy atom. The van der Waals surface area contributed by atoms with E-state index >= 15 is 0 Å². The Morgan fingerprint density at radius 3 is 2.23 bits per heavy atom. The van der Waals surface area contributed by atoms with Gasteiger partial charge in [-0.2, -0.15) is 5.10 Å². The first-order valence-corrected chi connectivity index (χ1v) is 4.52. The van der Waals surface area contributed by atoms with Crippen LogP contribution in [0.4, 0.5) is 0 Å². The van der Waals surface area contributed by atoms with Gasteiger partial charge in [0.05, 0.1) is 16.3 Å². The Hall–Kier alpha value is -0.730. The number of hydrogen-bond donors (Lipinski definition) is 0. The van der Waals surface area contributed by atoms with Crippen LogP contribution in [-0.2, 0) is 0 Å². The summed E-state index contributed by atoms with van der Waals surface area (Å²) in [4.78, 5) is 0. The average Bonchev–Trinajstić information content (AvgIpc) is 2.03. The van der Waals surface area contributed by atoms with Crippen molar-refractivity contribution in [3.63, 3.8) is 0 Å². The molecule has 0 saturated carbocycles. The summed E-state index contributed by atoms with van der Waals surface area (Å²) in [6, 6.07) is 5.37. The van der Waals surface area contributed by atoms with E-state index in [1.54, 1.807) is 29.4 Å². The van der Waals surface area contributed by atoms with Crippen molar-refractivity contribution in [2.75, 3.05) is 14.1 Å². The molecule has 1 aromatic rings. The van der Waals surface area contributed by atoms with Gasteiger partial charge in [-0.05, 0) is 12.1 Å². The van der Waals surface area contributed by atoms with Crippen LogP contribution in [0.15, 0.2) is 23.3 Å². The van der Waals surface area contributed by atoms with E-state index in [9.17, 15) is 0 Å². The molecule has 0 aliphatic heterocycles. The van der Waals surface area contributed by atoms with Crippen LogP contribution >= 0.6 is 23.2 Å². The highest BCUT2D eigenvalue weighted by atomic mass is 35.5. The topological polar surface area (TPSA) is 15.6 Å². The molecule has 13 heavy (non-hydrogen) atoms.